The average molecular weight is 608 g/mol. The van der Waals surface area contributed by atoms with Gasteiger partial charge in [-0.25, -0.2) is 0 Å². The van der Waals surface area contributed by atoms with Crippen LogP contribution in [0.15, 0.2) is 108 Å². The van der Waals surface area contributed by atoms with E-state index >= 15 is 0 Å². The number of aryl methyl sites for hydroxylation is 1. The zero-order valence-electron chi connectivity index (χ0n) is 25.3. The molecule has 0 heterocycles. The molecule has 4 aromatic rings. The largest absolute Gasteiger partial charge is 0.494 e. The minimum absolute atomic E-state index is 0.0789. The fraction of sp³-hybridized carbons (Fsp3) is 0.194. The first-order valence-corrected chi connectivity index (χ1v) is 15.4. The molecule has 7 nitrogen and oxygen atoms in total. The van der Waals surface area contributed by atoms with Gasteiger partial charge >= 0.3 is 0 Å². The van der Waals surface area contributed by atoms with Crippen molar-refractivity contribution in [3.05, 3.63) is 125 Å². The minimum atomic E-state index is -0.481. The molecule has 0 saturated heterocycles. The molecule has 0 fully saturated rings. The Morgan fingerprint density at radius 1 is 0.841 bits per heavy atom. The van der Waals surface area contributed by atoms with E-state index in [9.17, 15) is 14.4 Å². The Morgan fingerprint density at radius 3 is 2.27 bits per heavy atom. The molecule has 3 amide bonds. The van der Waals surface area contributed by atoms with Gasteiger partial charge in [-0.05, 0) is 98.5 Å². The summed E-state index contributed by atoms with van der Waals surface area (Å²) < 4.78 is 5.52. The van der Waals surface area contributed by atoms with E-state index in [4.69, 9.17) is 4.74 Å². The summed E-state index contributed by atoms with van der Waals surface area (Å²) in [4.78, 5) is 40.5. The molecular weight excluding hydrogens is 570 g/mol. The normalized spacial score (nSPS) is 11.8. The summed E-state index contributed by atoms with van der Waals surface area (Å²) in [6.07, 6.45) is 2.24. The van der Waals surface area contributed by atoms with Crippen molar-refractivity contribution >= 4 is 46.9 Å². The zero-order chi connectivity index (χ0) is 31.5. The molecule has 1 atom stereocenters. The van der Waals surface area contributed by atoms with E-state index in [0.29, 0.717) is 30.0 Å². The first-order chi connectivity index (χ1) is 21.3. The molecule has 0 saturated carbocycles. The number of rotatable bonds is 12. The molecule has 0 bridgehead atoms. The summed E-state index contributed by atoms with van der Waals surface area (Å²) in [5, 5.41) is 8.40. The van der Waals surface area contributed by atoms with Crippen molar-refractivity contribution < 1.29 is 19.1 Å². The maximum absolute atomic E-state index is 13.5. The maximum atomic E-state index is 13.5. The lowest BCUT2D eigenvalue weighted by atomic mass is 10.1. The predicted octanol–water partition coefficient (Wildman–Crippen LogP) is 7.62. The van der Waals surface area contributed by atoms with Crippen LogP contribution in [-0.2, 0) is 9.59 Å². The van der Waals surface area contributed by atoms with Crippen LogP contribution in [0.2, 0.25) is 0 Å². The number of ether oxygens (including phenoxy) is 1. The first-order valence-electron chi connectivity index (χ1n) is 14.5. The van der Waals surface area contributed by atoms with E-state index in [1.807, 2.05) is 94.4 Å². The van der Waals surface area contributed by atoms with Crippen molar-refractivity contribution in [1.82, 2.24) is 5.32 Å². The Hall–Kier alpha value is -4.82. The highest BCUT2D eigenvalue weighted by atomic mass is 32.2. The molecule has 8 heteroatoms. The van der Waals surface area contributed by atoms with Gasteiger partial charge in [0, 0.05) is 21.8 Å². The molecule has 0 spiro atoms. The van der Waals surface area contributed by atoms with E-state index in [0.717, 1.165) is 27.3 Å². The lowest BCUT2D eigenvalue weighted by Crippen LogP contribution is -2.30. The number of benzene rings is 4. The van der Waals surface area contributed by atoms with Gasteiger partial charge in [-0.15, -0.1) is 11.8 Å². The minimum Gasteiger partial charge on any atom is -0.494 e. The summed E-state index contributed by atoms with van der Waals surface area (Å²) in [7, 11) is 0. The third kappa shape index (κ3) is 8.84. The van der Waals surface area contributed by atoms with E-state index in [2.05, 4.69) is 16.0 Å². The van der Waals surface area contributed by atoms with Crippen molar-refractivity contribution in [2.45, 2.75) is 44.3 Å². The third-order valence-corrected chi connectivity index (χ3v) is 8.28. The second-order valence-corrected chi connectivity index (χ2v) is 11.4. The molecule has 4 rings (SSSR count). The molecule has 0 aliphatic rings. The molecular formula is C36H37N3O4S. The average Bonchev–Trinajstić information content (AvgIpc) is 3.03. The molecule has 44 heavy (non-hydrogen) atoms. The topological polar surface area (TPSA) is 96.5 Å². The fourth-order valence-electron chi connectivity index (χ4n) is 4.37. The highest BCUT2D eigenvalue weighted by molar-refractivity contribution is 8.00. The van der Waals surface area contributed by atoms with Crippen LogP contribution in [0.1, 0.15) is 47.3 Å². The standard InChI is InChI=1S/C36H37N3O4S/c1-5-33(36(42)38-31-17-10-12-24(3)25(31)4)44-30-16-11-15-28(23-30)37-35(41)32(39-34(40)27-13-8-7-9-14-27)22-26-18-20-29(21-19-26)43-6-2/h7-23,33H,5-6H2,1-4H3,(H,37,41)(H,38,42)(H,39,40)/b32-22+. The molecule has 0 radical (unpaired) electrons. The molecule has 0 aromatic heterocycles. The van der Waals surface area contributed by atoms with Crippen LogP contribution in [-0.4, -0.2) is 29.6 Å². The molecule has 226 valence electrons. The zero-order valence-corrected chi connectivity index (χ0v) is 26.2. The van der Waals surface area contributed by atoms with E-state index in [1.165, 1.54) is 11.8 Å². The Morgan fingerprint density at radius 2 is 1.57 bits per heavy atom. The Kier molecular flexibility index (Phi) is 11.4. The van der Waals surface area contributed by atoms with Crippen molar-refractivity contribution in [2.24, 2.45) is 0 Å². The van der Waals surface area contributed by atoms with Gasteiger partial charge < -0.3 is 20.7 Å². The predicted molar refractivity (Wildman–Crippen MR) is 179 cm³/mol. The van der Waals surface area contributed by atoms with Crippen molar-refractivity contribution in [2.75, 3.05) is 17.2 Å². The van der Waals surface area contributed by atoms with Crippen LogP contribution in [0, 0.1) is 13.8 Å². The fourth-order valence-corrected chi connectivity index (χ4v) is 5.38. The number of amides is 3. The van der Waals surface area contributed by atoms with Crippen LogP contribution in [0.3, 0.4) is 0 Å². The lowest BCUT2D eigenvalue weighted by Gasteiger charge is -2.17. The second kappa shape index (κ2) is 15.6. The number of carbonyl (C=O) groups excluding carboxylic acids is 3. The van der Waals surface area contributed by atoms with Gasteiger partial charge in [0.25, 0.3) is 11.8 Å². The van der Waals surface area contributed by atoms with Crippen LogP contribution in [0.25, 0.3) is 6.08 Å². The number of hydrogen-bond donors (Lipinski definition) is 3. The lowest BCUT2D eigenvalue weighted by molar-refractivity contribution is -0.116. The first kappa shape index (κ1) is 32.1. The molecule has 1 unspecified atom stereocenters. The number of hydrogen-bond acceptors (Lipinski definition) is 5. The van der Waals surface area contributed by atoms with Crippen LogP contribution < -0.4 is 20.7 Å². The second-order valence-electron chi connectivity index (χ2n) is 10.1. The SMILES string of the molecule is CCOc1ccc(/C=C(/NC(=O)c2ccccc2)C(=O)Nc2cccc(SC(CC)C(=O)Nc3cccc(C)c3C)c2)cc1. The summed E-state index contributed by atoms with van der Waals surface area (Å²) in [6, 6.07) is 29.1. The van der Waals surface area contributed by atoms with E-state index in [1.54, 1.807) is 36.4 Å². The van der Waals surface area contributed by atoms with Crippen molar-refractivity contribution in [1.29, 1.82) is 0 Å². The van der Waals surface area contributed by atoms with Crippen molar-refractivity contribution in [3.8, 4) is 5.75 Å². The van der Waals surface area contributed by atoms with Crippen molar-refractivity contribution in [3.63, 3.8) is 0 Å². The quantitative estimate of drug-likeness (QED) is 0.114. The van der Waals surface area contributed by atoms with Crippen LogP contribution >= 0.6 is 11.8 Å². The van der Waals surface area contributed by atoms with Crippen LogP contribution in [0.4, 0.5) is 11.4 Å². The molecule has 0 aliphatic heterocycles. The Labute approximate surface area is 263 Å². The number of nitrogens with one attached hydrogen (secondary N) is 3. The van der Waals surface area contributed by atoms with Gasteiger partial charge in [-0.1, -0.05) is 55.5 Å². The Balaban J connectivity index is 1.51. The smallest absolute Gasteiger partial charge is 0.272 e. The monoisotopic (exact) mass is 607 g/mol. The van der Waals surface area contributed by atoms with Gasteiger partial charge in [-0.2, -0.15) is 0 Å². The number of anilines is 2. The summed E-state index contributed by atoms with van der Waals surface area (Å²) in [5.74, 6) is -0.246. The number of thioether (sulfide) groups is 1. The number of carbonyl (C=O) groups is 3. The van der Waals surface area contributed by atoms with Gasteiger partial charge in [0.15, 0.2) is 0 Å². The summed E-state index contributed by atoms with van der Waals surface area (Å²) in [6.45, 7) is 8.43. The molecule has 3 N–H and O–H groups in total. The van der Waals surface area contributed by atoms with E-state index < -0.39 is 11.8 Å². The van der Waals surface area contributed by atoms with Gasteiger partial charge in [-0.3, -0.25) is 14.4 Å². The van der Waals surface area contributed by atoms with E-state index in [-0.39, 0.29) is 16.9 Å². The van der Waals surface area contributed by atoms with Gasteiger partial charge in [0.1, 0.15) is 11.4 Å². The summed E-state index contributed by atoms with van der Waals surface area (Å²) >= 11 is 1.43. The Bertz CT molecular complexity index is 1640. The summed E-state index contributed by atoms with van der Waals surface area (Å²) in [5.41, 5.74) is 4.73. The highest BCUT2D eigenvalue weighted by Crippen LogP contribution is 2.29. The molecule has 4 aromatic carbocycles. The highest BCUT2D eigenvalue weighted by Gasteiger charge is 2.20. The third-order valence-electron chi connectivity index (χ3n) is 6.93. The maximum Gasteiger partial charge on any atom is 0.272 e. The van der Waals surface area contributed by atoms with Gasteiger partial charge in [0.2, 0.25) is 5.91 Å². The van der Waals surface area contributed by atoms with Gasteiger partial charge in [0.05, 0.1) is 11.9 Å². The molecule has 0 aliphatic carbocycles. The van der Waals surface area contributed by atoms with Crippen LogP contribution in [0.5, 0.6) is 5.75 Å².